The monoisotopic (exact) mass is 844 g/mol. The number of nitrogens with one attached hydrogen (secondary N) is 1. The molecule has 310 valence electrons. The minimum Gasteiger partial charge on any atom is -0.456 e. The molecule has 3 aromatic heterocycles. The highest BCUT2D eigenvalue weighted by Gasteiger charge is 2.37. The average molecular weight is 845 g/mol. The van der Waals surface area contributed by atoms with E-state index in [9.17, 15) is 0 Å². The number of hydrogen-bond donors (Lipinski definition) is 1. The van der Waals surface area contributed by atoms with Gasteiger partial charge in [0.25, 0.3) is 0 Å². The highest BCUT2D eigenvalue weighted by Crippen LogP contribution is 2.52. The molecule has 64 heavy (non-hydrogen) atoms. The maximum absolute atomic E-state index is 6.85. The molecule has 8 aromatic carbocycles. The van der Waals surface area contributed by atoms with Crippen LogP contribution < -0.4 is 16.2 Å². The lowest BCUT2D eigenvalue weighted by atomic mass is 9.59. The van der Waals surface area contributed by atoms with Crippen LogP contribution in [0, 0.1) is 0 Å². The van der Waals surface area contributed by atoms with E-state index in [0.29, 0.717) is 0 Å². The molecule has 0 unspecified atom stereocenters. The molecule has 1 aliphatic carbocycles. The van der Waals surface area contributed by atoms with Crippen LogP contribution in [0.15, 0.2) is 144 Å². The minimum absolute atomic E-state index is 0.0117. The number of thiophene rings is 1. The second kappa shape index (κ2) is 12.8. The Hall–Kier alpha value is -6.56. The number of aromatic nitrogens is 1. The van der Waals surface area contributed by atoms with Gasteiger partial charge in [0.05, 0.1) is 5.52 Å². The highest BCUT2D eigenvalue weighted by molar-refractivity contribution is 7.26. The lowest BCUT2D eigenvalue weighted by Gasteiger charge is -2.24. The zero-order valence-corrected chi connectivity index (χ0v) is 38.6. The first kappa shape index (κ1) is 38.0. The van der Waals surface area contributed by atoms with Gasteiger partial charge in [-0.15, -0.1) is 11.3 Å². The van der Waals surface area contributed by atoms with Crippen molar-refractivity contribution in [1.82, 2.24) is 4.57 Å². The lowest BCUT2D eigenvalue weighted by Crippen LogP contribution is -2.37. The summed E-state index contributed by atoms with van der Waals surface area (Å²) < 4.78 is 12.1. The molecule has 0 spiro atoms. The summed E-state index contributed by atoms with van der Waals surface area (Å²) in [5.41, 5.74) is 20.9. The maximum Gasteiger partial charge on any atom is 0.198 e. The predicted octanol–water partition coefficient (Wildman–Crippen LogP) is 15.1. The summed E-state index contributed by atoms with van der Waals surface area (Å²) in [6.07, 6.45) is 0. The second-order valence-electron chi connectivity index (χ2n) is 21.1. The molecule has 0 saturated heterocycles. The Labute approximate surface area is 378 Å². The van der Waals surface area contributed by atoms with Crippen molar-refractivity contribution in [2.45, 2.75) is 71.6 Å². The van der Waals surface area contributed by atoms with E-state index >= 15 is 0 Å². The van der Waals surface area contributed by atoms with Crippen LogP contribution in [0.4, 0.5) is 11.4 Å². The van der Waals surface area contributed by atoms with Crippen molar-refractivity contribution >= 4 is 105 Å². The molecule has 0 atom stereocenters. The van der Waals surface area contributed by atoms with Gasteiger partial charge in [-0.3, -0.25) is 0 Å². The Kier molecular flexibility index (Phi) is 7.59. The van der Waals surface area contributed by atoms with E-state index in [1.165, 1.54) is 97.5 Å². The standard InChI is InChI=1S/C59H49BN2OS/c1-57(2,3)32-17-20-34(21-18-32)61-48-27-43-36-22-19-33(58(4,5)6)25-51(36)63-52(43)30-41(48)38-23-24-39-42-26-46-40(35-13-9-11-15-45(35)59(46,7)8)28-49(42)62-50-29-44-37-14-10-12-16-53(37)64-54(44)31-47(50)60-55(38)56(39)62/h9-31,60-61H,1-8H3. The molecule has 0 bridgehead atoms. The zero-order chi connectivity index (χ0) is 43.6. The summed E-state index contributed by atoms with van der Waals surface area (Å²) in [7, 11) is 0.823. The van der Waals surface area contributed by atoms with Crippen molar-refractivity contribution < 1.29 is 4.42 Å². The van der Waals surface area contributed by atoms with Gasteiger partial charge >= 0.3 is 0 Å². The van der Waals surface area contributed by atoms with Crippen LogP contribution >= 0.6 is 11.3 Å². The lowest BCUT2D eigenvalue weighted by molar-refractivity contribution is 0.587. The molecule has 11 aromatic rings. The minimum atomic E-state index is -0.0988. The number of rotatable bonds is 3. The van der Waals surface area contributed by atoms with Gasteiger partial charge in [0.2, 0.25) is 0 Å². The van der Waals surface area contributed by atoms with Gasteiger partial charge in [0.15, 0.2) is 7.28 Å². The topological polar surface area (TPSA) is 30.1 Å². The first-order valence-corrected chi connectivity index (χ1v) is 23.6. The Morgan fingerprint density at radius 2 is 1.28 bits per heavy atom. The van der Waals surface area contributed by atoms with Gasteiger partial charge < -0.3 is 14.3 Å². The number of nitrogens with zero attached hydrogens (tertiary/aromatic N) is 1. The van der Waals surface area contributed by atoms with Crippen LogP contribution in [0.25, 0.3) is 91.9 Å². The van der Waals surface area contributed by atoms with Gasteiger partial charge in [-0.25, -0.2) is 0 Å². The summed E-state index contributed by atoms with van der Waals surface area (Å²) >= 11 is 1.90. The van der Waals surface area contributed by atoms with Crippen molar-refractivity contribution in [2.24, 2.45) is 0 Å². The normalized spacial score (nSPS) is 14.2. The average Bonchev–Trinajstić information content (AvgIpc) is 3.98. The highest BCUT2D eigenvalue weighted by atomic mass is 32.1. The molecule has 13 rings (SSSR count). The SMILES string of the molecule is CC(C)(C)c1ccc(Nc2cc3c(cc2-c2ccc4c5cc6c(cc5n5c4c2Bc2cc4sc7ccccc7c4cc2-5)-c2ccccc2C6(C)C)oc2cc(C(C)(C)C)ccc23)cc1. The number of hydrogen-bond acceptors (Lipinski definition) is 3. The molecular formula is C59H49BN2OS. The van der Waals surface area contributed by atoms with Gasteiger partial charge in [-0.05, 0) is 116 Å². The van der Waals surface area contributed by atoms with Crippen LogP contribution in [0.5, 0.6) is 0 Å². The largest absolute Gasteiger partial charge is 0.456 e. The second-order valence-corrected chi connectivity index (χ2v) is 22.2. The van der Waals surface area contributed by atoms with E-state index in [2.05, 4.69) is 205 Å². The number of furan rings is 1. The van der Waals surface area contributed by atoms with E-state index in [-0.39, 0.29) is 16.2 Å². The van der Waals surface area contributed by atoms with Gasteiger partial charge in [-0.1, -0.05) is 140 Å². The third-order valence-electron chi connectivity index (χ3n) is 14.7. The first-order valence-electron chi connectivity index (χ1n) is 22.8. The fourth-order valence-electron chi connectivity index (χ4n) is 11.2. The number of anilines is 2. The first-order chi connectivity index (χ1) is 30.7. The summed E-state index contributed by atoms with van der Waals surface area (Å²) in [6, 6.07) is 53.1. The van der Waals surface area contributed by atoms with Gasteiger partial charge in [-0.2, -0.15) is 0 Å². The smallest absolute Gasteiger partial charge is 0.198 e. The number of fused-ring (bicyclic) bond motifs is 14. The molecule has 1 N–H and O–H groups in total. The molecule has 3 nitrogen and oxygen atoms in total. The van der Waals surface area contributed by atoms with Crippen LogP contribution in [0.3, 0.4) is 0 Å². The summed E-state index contributed by atoms with van der Waals surface area (Å²) in [5, 5.41) is 11.5. The zero-order valence-electron chi connectivity index (χ0n) is 37.7. The third kappa shape index (κ3) is 5.34. The molecule has 1 aliphatic heterocycles. The Balaban J connectivity index is 1.10. The molecule has 2 aliphatic rings. The fraction of sp³-hybridized carbons (Fsp3) is 0.186. The summed E-state index contributed by atoms with van der Waals surface area (Å²) in [6.45, 7) is 18.4. The molecule has 5 heteroatoms. The molecule has 0 fully saturated rings. The van der Waals surface area contributed by atoms with E-state index in [1.807, 2.05) is 11.3 Å². The Morgan fingerprint density at radius 1 is 0.547 bits per heavy atom. The van der Waals surface area contributed by atoms with Crippen molar-refractivity contribution in [3.05, 3.63) is 162 Å². The molecular weight excluding hydrogens is 796 g/mol. The molecule has 0 amide bonds. The number of benzene rings is 8. The van der Waals surface area contributed by atoms with E-state index in [4.69, 9.17) is 4.42 Å². The van der Waals surface area contributed by atoms with E-state index < -0.39 is 0 Å². The van der Waals surface area contributed by atoms with Crippen LogP contribution in [0.2, 0.25) is 0 Å². The van der Waals surface area contributed by atoms with E-state index in [1.54, 1.807) is 0 Å². The summed E-state index contributed by atoms with van der Waals surface area (Å²) in [4.78, 5) is 0. The predicted molar refractivity (Wildman–Crippen MR) is 277 cm³/mol. The third-order valence-corrected chi connectivity index (χ3v) is 15.9. The molecule has 0 radical (unpaired) electrons. The van der Waals surface area contributed by atoms with Crippen molar-refractivity contribution in [3.8, 4) is 27.9 Å². The molecule has 4 heterocycles. The quantitative estimate of drug-likeness (QED) is 0.180. The fourth-order valence-corrected chi connectivity index (χ4v) is 12.4. The maximum atomic E-state index is 6.85. The van der Waals surface area contributed by atoms with Crippen LogP contribution in [0.1, 0.15) is 77.6 Å². The van der Waals surface area contributed by atoms with Gasteiger partial charge in [0, 0.05) is 75.3 Å². The van der Waals surface area contributed by atoms with E-state index in [0.717, 1.165) is 46.2 Å². The van der Waals surface area contributed by atoms with Crippen LogP contribution in [-0.4, -0.2) is 11.8 Å². The van der Waals surface area contributed by atoms with Crippen molar-refractivity contribution in [3.63, 3.8) is 0 Å². The van der Waals surface area contributed by atoms with Gasteiger partial charge in [0.1, 0.15) is 11.2 Å². The Bertz CT molecular complexity index is 3830. The van der Waals surface area contributed by atoms with Crippen LogP contribution in [-0.2, 0) is 16.2 Å². The summed E-state index contributed by atoms with van der Waals surface area (Å²) in [5.74, 6) is 0. The molecule has 0 saturated carbocycles. The Morgan fingerprint density at radius 3 is 2.09 bits per heavy atom. The van der Waals surface area contributed by atoms with Crippen molar-refractivity contribution in [1.29, 1.82) is 0 Å². The van der Waals surface area contributed by atoms with Crippen molar-refractivity contribution in [2.75, 3.05) is 5.32 Å².